The number of hydrogen-bond donors (Lipinski definition) is 2. The second kappa shape index (κ2) is 7.55. The van der Waals surface area contributed by atoms with Crippen LogP contribution in [0.1, 0.15) is 5.56 Å². The van der Waals surface area contributed by atoms with Gasteiger partial charge in [-0.25, -0.2) is 0 Å². The fourth-order valence-corrected chi connectivity index (χ4v) is 3.19. The normalized spacial score (nSPS) is 15.3. The summed E-state index contributed by atoms with van der Waals surface area (Å²) >= 11 is 0.896. The Balaban J connectivity index is 1.28. The molecule has 8 heteroatoms. The lowest BCUT2D eigenvalue weighted by Gasteiger charge is -2.06. The SMILES string of the molecule is O=C1NC(=O)/C(=C/c2ccc(OCCNc3nc4ccccc4o3)cc2)S1. The molecule has 0 spiro atoms. The number of carbonyl (C=O) groups is 2. The van der Waals surface area contributed by atoms with Crippen molar-refractivity contribution < 1.29 is 18.7 Å². The molecule has 0 aliphatic carbocycles. The summed E-state index contributed by atoms with van der Waals surface area (Å²) in [5.41, 5.74) is 2.36. The molecule has 0 unspecified atom stereocenters. The molecule has 2 N–H and O–H groups in total. The van der Waals surface area contributed by atoms with Gasteiger partial charge in [0, 0.05) is 0 Å². The number of nitrogens with zero attached hydrogens (tertiary/aromatic N) is 1. The van der Waals surface area contributed by atoms with Gasteiger partial charge in [0.15, 0.2) is 5.58 Å². The summed E-state index contributed by atoms with van der Waals surface area (Å²) in [6.07, 6.45) is 1.67. The molecule has 136 valence electrons. The summed E-state index contributed by atoms with van der Waals surface area (Å²) in [5, 5.41) is 4.96. The fourth-order valence-electron chi connectivity index (χ4n) is 2.51. The number of nitrogens with one attached hydrogen (secondary N) is 2. The van der Waals surface area contributed by atoms with Gasteiger partial charge in [0.05, 0.1) is 11.4 Å². The van der Waals surface area contributed by atoms with Crippen molar-refractivity contribution in [1.29, 1.82) is 0 Å². The number of benzene rings is 2. The Bertz CT molecular complexity index is 994. The highest BCUT2D eigenvalue weighted by Crippen LogP contribution is 2.26. The van der Waals surface area contributed by atoms with E-state index in [9.17, 15) is 9.59 Å². The van der Waals surface area contributed by atoms with Gasteiger partial charge in [-0.05, 0) is 47.7 Å². The maximum Gasteiger partial charge on any atom is 0.295 e. The van der Waals surface area contributed by atoms with Crippen LogP contribution in [0.3, 0.4) is 0 Å². The predicted octanol–water partition coefficient (Wildman–Crippen LogP) is 3.64. The van der Waals surface area contributed by atoms with E-state index < -0.39 is 0 Å². The van der Waals surface area contributed by atoms with Gasteiger partial charge < -0.3 is 14.5 Å². The molecular formula is C19H15N3O4S. The summed E-state index contributed by atoms with van der Waals surface area (Å²) in [6.45, 7) is 0.976. The topological polar surface area (TPSA) is 93.5 Å². The van der Waals surface area contributed by atoms with Gasteiger partial charge in [-0.3, -0.25) is 14.9 Å². The summed E-state index contributed by atoms with van der Waals surface area (Å²) in [7, 11) is 0. The first-order chi connectivity index (χ1) is 13.2. The zero-order valence-corrected chi connectivity index (χ0v) is 14.9. The monoisotopic (exact) mass is 381 g/mol. The number of oxazole rings is 1. The van der Waals surface area contributed by atoms with Gasteiger partial charge in [-0.1, -0.05) is 24.3 Å². The minimum atomic E-state index is -0.365. The van der Waals surface area contributed by atoms with E-state index in [0.29, 0.717) is 29.8 Å². The highest BCUT2D eigenvalue weighted by atomic mass is 32.2. The summed E-state index contributed by atoms with van der Waals surface area (Å²) in [4.78, 5) is 27.4. The molecule has 2 amide bonds. The van der Waals surface area contributed by atoms with Crippen LogP contribution in [0.25, 0.3) is 17.2 Å². The Hall–Kier alpha value is -3.26. The van der Waals surface area contributed by atoms with Crippen LogP contribution in [0, 0.1) is 0 Å². The van der Waals surface area contributed by atoms with Crippen LogP contribution in [-0.4, -0.2) is 29.3 Å². The first kappa shape index (κ1) is 17.2. The lowest BCUT2D eigenvalue weighted by molar-refractivity contribution is -0.115. The largest absolute Gasteiger partial charge is 0.492 e. The van der Waals surface area contributed by atoms with Crippen LogP contribution in [0.15, 0.2) is 57.9 Å². The lowest BCUT2D eigenvalue weighted by atomic mass is 10.2. The number of fused-ring (bicyclic) bond motifs is 1. The molecule has 0 atom stereocenters. The first-order valence-electron chi connectivity index (χ1n) is 8.24. The number of thioether (sulfide) groups is 1. The van der Waals surface area contributed by atoms with Crippen molar-refractivity contribution in [1.82, 2.24) is 10.3 Å². The number of rotatable bonds is 6. The van der Waals surface area contributed by atoms with Crippen molar-refractivity contribution in [3.63, 3.8) is 0 Å². The number of aromatic nitrogens is 1. The molecule has 4 rings (SSSR count). The molecule has 2 aromatic carbocycles. The van der Waals surface area contributed by atoms with E-state index in [2.05, 4.69) is 15.6 Å². The Kier molecular flexibility index (Phi) is 4.80. The van der Waals surface area contributed by atoms with E-state index in [-0.39, 0.29) is 11.1 Å². The lowest BCUT2D eigenvalue weighted by Crippen LogP contribution is -2.17. The smallest absolute Gasteiger partial charge is 0.295 e. The second-order valence-corrected chi connectivity index (χ2v) is 6.70. The van der Waals surface area contributed by atoms with Gasteiger partial charge >= 0.3 is 0 Å². The van der Waals surface area contributed by atoms with Crippen molar-refractivity contribution in [2.24, 2.45) is 0 Å². The van der Waals surface area contributed by atoms with Crippen molar-refractivity contribution in [2.75, 3.05) is 18.5 Å². The Labute approximate surface area is 158 Å². The number of amides is 2. The second-order valence-electron chi connectivity index (χ2n) is 5.68. The Morgan fingerprint density at radius 2 is 1.96 bits per heavy atom. The van der Waals surface area contributed by atoms with Crippen LogP contribution in [0.5, 0.6) is 5.75 Å². The fraction of sp³-hybridized carbons (Fsp3) is 0.105. The Morgan fingerprint density at radius 3 is 2.70 bits per heavy atom. The van der Waals surface area contributed by atoms with Gasteiger partial charge in [0.25, 0.3) is 17.2 Å². The number of ether oxygens (including phenoxy) is 1. The zero-order valence-electron chi connectivity index (χ0n) is 14.1. The van der Waals surface area contributed by atoms with Crippen LogP contribution in [-0.2, 0) is 4.79 Å². The number of imide groups is 1. The number of hydrogen-bond acceptors (Lipinski definition) is 7. The third kappa shape index (κ3) is 4.12. The molecule has 3 aromatic rings. The molecule has 0 radical (unpaired) electrons. The molecular weight excluding hydrogens is 366 g/mol. The number of carbonyl (C=O) groups excluding carboxylic acids is 2. The minimum absolute atomic E-state index is 0.349. The summed E-state index contributed by atoms with van der Waals surface area (Å²) < 4.78 is 11.2. The number of anilines is 1. The van der Waals surface area contributed by atoms with Crippen molar-refractivity contribution in [3.8, 4) is 5.75 Å². The molecule has 1 saturated heterocycles. The predicted molar refractivity (Wildman–Crippen MR) is 104 cm³/mol. The molecule has 0 saturated carbocycles. The highest BCUT2D eigenvalue weighted by Gasteiger charge is 2.24. The molecule has 0 bridgehead atoms. The van der Waals surface area contributed by atoms with Crippen molar-refractivity contribution >= 4 is 46.1 Å². The van der Waals surface area contributed by atoms with E-state index in [1.807, 2.05) is 48.5 Å². The third-order valence-corrected chi connectivity index (χ3v) is 4.57. The average Bonchev–Trinajstić information content (AvgIpc) is 3.22. The van der Waals surface area contributed by atoms with Gasteiger partial charge in [0.2, 0.25) is 0 Å². The summed E-state index contributed by atoms with van der Waals surface area (Å²) in [5.74, 6) is 0.340. The molecule has 2 heterocycles. The minimum Gasteiger partial charge on any atom is -0.492 e. The van der Waals surface area contributed by atoms with Gasteiger partial charge in [-0.2, -0.15) is 4.98 Å². The quantitative estimate of drug-likeness (QED) is 0.497. The van der Waals surface area contributed by atoms with Gasteiger partial charge in [-0.15, -0.1) is 0 Å². The van der Waals surface area contributed by atoms with E-state index in [1.165, 1.54) is 0 Å². The molecule has 1 aliphatic heterocycles. The van der Waals surface area contributed by atoms with Crippen LogP contribution in [0.2, 0.25) is 0 Å². The molecule has 27 heavy (non-hydrogen) atoms. The van der Waals surface area contributed by atoms with Crippen LogP contribution >= 0.6 is 11.8 Å². The Morgan fingerprint density at radius 1 is 1.15 bits per heavy atom. The van der Waals surface area contributed by atoms with Crippen molar-refractivity contribution in [3.05, 3.63) is 59.0 Å². The van der Waals surface area contributed by atoms with E-state index in [0.717, 1.165) is 28.4 Å². The first-order valence-corrected chi connectivity index (χ1v) is 9.06. The van der Waals surface area contributed by atoms with E-state index in [1.54, 1.807) is 6.08 Å². The standard InChI is InChI=1S/C19H15N3O4S/c23-17-16(27-19(24)22-17)11-12-5-7-13(8-6-12)25-10-9-20-18-21-14-3-1-2-4-15(14)26-18/h1-8,11H,9-10H2,(H,20,21)(H,22,23,24)/b16-11-. The van der Waals surface area contributed by atoms with E-state index >= 15 is 0 Å². The van der Waals surface area contributed by atoms with Crippen molar-refractivity contribution in [2.45, 2.75) is 0 Å². The van der Waals surface area contributed by atoms with Crippen LogP contribution < -0.4 is 15.4 Å². The highest BCUT2D eigenvalue weighted by molar-refractivity contribution is 8.18. The molecule has 1 aromatic heterocycles. The third-order valence-electron chi connectivity index (χ3n) is 3.76. The average molecular weight is 381 g/mol. The molecule has 1 fully saturated rings. The number of para-hydroxylation sites is 2. The zero-order chi connectivity index (χ0) is 18.6. The molecule has 7 nitrogen and oxygen atoms in total. The van der Waals surface area contributed by atoms with E-state index in [4.69, 9.17) is 9.15 Å². The van der Waals surface area contributed by atoms with Crippen LogP contribution in [0.4, 0.5) is 10.8 Å². The van der Waals surface area contributed by atoms with Gasteiger partial charge in [0.1, 0.15) is 17.9 Å². The maximum absolute atomic E-state index is 11.5. The summed E-state index contributed by atoms with van der Waals surface area (Å²) in [6, 6.07) is 15.3. The molecule has 1 aliphatic rings. The maximum atomic E-state index is 11.5.